The Morgan fingerprint density at radius 3 is 2.57 bits per heavy atom. The van der Waals surface area contributed by atoms with Crippen LogP contribution >= 0.6 is 11.3 Å². The van der Waals surface area contributed by atoms with Gasteiger partial charge >= 0.3 is 0 Å². The smallest absolute Gasteiger partial charge is 0.181 e. The molecule has 3 N–H and O–H groups in total. The first-order valence-electron chi connectivity index (χ1n) is 7.32. The van der Waals surface area contributed by atoms with Gasteiger partial charge in [-0.05, 0) is 25.7 Å². The molecule has 1 aliphatic carbocycles. The highest BCUT2D eigenvalue weighted by Gasteiger charge is 2.22. The molecule has 2 heterocycles. The number of anilines is 1. The van der Waals surface area contributed by atoms with Gasteiger partial charge in [0.05, 0.1) is 5.01 Å². The normalized spacial score (nSPS) is 14.9. The lowest BCUT2D eigenvalue weighted by atomic mass is 9.96. The lowest BCUT2D eigenvalue weighted by molar-refractivity contribution is 0.585. The molecule has 0 fully saturated rings. The number of hydrogen-bond acceptors (Lipinski definition) is 6. The van der Waals surface area contributed by atoms with E-state index < -0.39 is 0 Å². The van der Waals surface area contributed by atoms with Crippen molar-refractivity contribution in [2.75, 3.05) is 5.43 Å². The van der Waals surface area contributed by atoms with Gasteiger partial charge < -0.3 is 5.43 Å². The summed E-state index contributed by atoms with van der Waals surface area (Å²) in [5, 5.41) is 3.13. The Bertz CT molecular complexity index is 639. The summed E-state index contributed by atoms with van der Waals surface area (Å²) in [6, 6.07) is 0. The second-order valence-electron chi connectivity index (χ2n) is 6.46. The van der Waals surface area contributed by atoms with Crippen LogP contribution in [-0.4, -0.2) is 15.0 Å². The lowest BCUT2D eigenvalue weighted by Gasteiger charge is -2.18. The quantitative estimate of drug-likeness (QED) is 0.658. The number of nitrogens with one attached hydrogen (secondary N) is 1. The molecule has 0 saturated heterocycles. The Labute approximate surface area is 129 Å². The second-order valence-corrected chi connectivity index (χ2v) is 7.32. The highest BCUT2D eigenvalue weighted by atomic mass is 32.1. The molecule has 0 spiro atoms. The first-order chi connectivity index (χ1) is 9.99. The van der Waals surface area contributed by atoms with Crippen LogP contribution in [-0.2, 0) is 18.3 Å². The minimum Gasteiger partial charge on any atom is -0.308 e. The van der Waals surface area contributed by atoms with Crippen LogP contribution in [0.4, 0.5) is 5.82 Å². The van der Waals surface area contributed by atoms with E-state index in [1.807, 2.05) is 5.38 Å². The topological polar surface area (TPSA) is 76.7 Å². The molecular formula is C15H21N5S. The zero-order chi connectivity index (χ0) is 15.0. The first-order valence-corrected chi connectivity index (χ1v) is 8.20. The Kier molecular flexibility index (Phi) is 3.67. The van der Waals surface area contributed by atoms with Gasteiger partial charge in [-0.25, -0.2) is 20.8 Å². The molecule has 0 radical (unpaired) electrons. The van der Waals surface area contributed by atoms with Gasteiger partial charge in [0.2, 0.25) is 0 Å². The van der Waals surface area contributed by atoms with Gasteiger partial charge in [-0.15, -0.1) is 11.3 Å². The molecule has 2 aromatic heterocycles. The molecule has 0 saturated carbocycles. The summed E-state index contributed by atoms with van der Waals surface area (Å²) in [5.41, 5.74) is 5.90. The van der Waals surface area contributed by atoms with Crippen LogP contribution in [0.3, 0.4) is 0 Å². The van der Waals surface area contributed by atoms with Crippen LogP contribution in [0.2, 0.25) is 0 Å². The molecule has 0 aromatic carbocycles. The predicted octanol–water partition coefficient (Wildman–Crippen LogP) is 3.06. The summed E-state index contributed by atoms with van der Waals surface area (Å²) in [4.78, 5) is 14.0. The lowest BCUT2D eigenvalue weighted by Crippen LogP contribution is -2.17. The van der Waals surface area contributed by atoms with E-state index in [1.54, 1.807) is 11.3 Å². The number of thiazole rings is 1. The van der Waals surface area contributed by atoms with Gasteiger partial charge in [-0.1, -0.05) is 20.8 Å². The fourth-order valence-electron chi connectivity index (χ4n) is 2.55. The van der Waals surface area contributed by atoms with Gasteiger partial charge in [0.25, 0.3) is 0 Å². The fraction of sp³-hybridized carbons (Fsp3) is 0.533. The molecule has 112 valence electrons. The second kappa shape index (κ2) is 5.35. The Balaban J connectivity index is 2.04. The number of hydrogen-bond donors (Lipinski definition) is 2. The molecule has 5 nitrogen and oxygen atoms in total. The number of nitrogen functional groups attached to an aromatic ring is 1. The van der Waals surface area contributed by atoms with Gasteiger partial charge in [0.15, 0.2) is 5.82 Å². The van der Waals surface area contributed by atoms with Crippen molar-refractivity contribution in [3.05, 3.63) is 21.6 Å². The number of rotatable bonds is 2. The van der Waals surface area contributed by atoms with Crippen molar-refractivity contribution < 1.29 is 0 Å². The maximum absolute atomic E-state index is 5.64. The minimum atomic E-state index is 0.0477. The molecule has 1 aliphatic rings. The largest absolute Gasteiger partial charge is 0.308 e. The van der Waals surface area contributed by atoms with Gasteiger partial charge in [-0.3, -0.25) is 0 Å². The fourth-order valence-corrected chi connectivity index (χ4v) is 3.43. The Morgan fingerprint density at radius 2 is 1.90 bits per heavy atom. The molecule has 0 amide bonds. The number of aromatic nitrogens is 3. The average molecular weight is 303 g/mol. The molecular weight excluding hydrogens is 282 g/mol. The third-order valence-electron chi connectivity index (χ3n) is 3.69. The maximum Gasteiger partial charge on any atom is 0.181 e. The molecule has 0 unspecified atom stereocenters. The average Bonchev–Trinajstić information content (AvgIpc) is 2.96. The van der Waals surface area contributed by atoms with Gasteiger partial charge in [0.1, 0.15) is 11.5 Å². The van der Waals surface area contributed by atoms with Crippen molar-refractivity contribution in [3.63, 3.8) is 0 Å². The summed E-state index contributed by atoms with van der Waals surface area (Å²) >= 11 is 1.66. The van der Waals surface area contributed by atoms with Gasteiger partial charge in [-0.2, -0.15) is 0 Å². The highest BCUT2D eigenvalue weighted by molar-refractivity contribution is 7.10. The maximum atomic E-state index is 5.64. The van der Waals surface area contributed by atoms with Crippen LogP contribution in [0.15, 0.2) is 5.38 Å². The molecule has 2 aromatic rings. The third kappa shape index (κ3) is 2.78. The number of nitrogens with two attached hydrogens (primary N) is 1. The SMILES string of the molecule is CC(C)(C)c1nc(-c2nc3c(c(NN)n2)CCCC3)cs1. The predicted molar refractivity (Wildman–Crippen MR) is 86.3 cm³/mol. The van der Waals surface area contributed by atoms with Gasteiger partial charge in [0, 0.05) is 22.1 Å². The van der Waals surface area contributed by atoms with Crippen LogP contribution in [0.5, 0.6) is 0 Å². The zero-order valence-electron chi connectivity index (χ0n) is 12.7. The molecule has 0 bridgehead atoms. The summed E-state index contributed by atoms with van der Waals surface area (Å²) < 4.78 is 0. The van der Waals surface area contributed by atoms with E-state index in [9.17, 15) is 0 Å². The van der Waals surface area contributed by atoms with E-state index in [2.05, 4.69) is 31.2 Å². The molecule has 21 heavy (non-hydrogen) atoms. The van der Waals surface area contributed by atoms with Crippen molar-refractivity contribution in [1.29, 1.82) is 0 Å². The summed E-state index contributed by atoms with van der Waals surface area (Å²) in [7, 11) is 0. The number of aryl methyl sites for hydroxylation is 1. The van der Waals surface area contributed by atoms with Crippen molar-refractivity contribution in [2.24, 2.45) is 5.84 Å². The van der Waals surface area contributed by atoms with E-state index in [0.717, 1.165) is 35.1 Å². The number of hydrazine groups is 1. The van der Waals surface area contributed by atoms with Crippen LogP contribution < -0.4 is 11.3 Å². The van der Waals surface area contributed by atoms with Crippen LogP contribution in [0, 0.1) is 0 Å². The van der Waals surface area contributed by atoms with Crippen molar-refractivity contribution in [1.82, 2.24) is 15.0 Å². The summed E-state index contributed by atoms with van der Waals surface area (Å²) in [6.07, 6.45) is 4.35. The number of fused-ring (bicyclic) bond motifs is 1. The van der Waals surface area contributed by atoms with E-state index >= 15 is 0 Å². The van der Waals surface area contributed by atoms with Crippen molar-refractivity contribution >= 4 is 17.2 Å². The molecule has 6 heteroatoms. The third-order valence-corrected chi connectivity index (χ3v) is 4.96. The molecule has 0 aliphatic heterocycles. The van der Waals surface area contributed by atoms with Crippen LogP contribution in [0.25, 0.3) is 11.5 Å². The van der Waals surface area contributed by atoms with E-state index in [0.29, 0.717) is 5.82 Å². The molecule has 3 rings (SSSR count). The Morgan fingerprint density at radius 1 is 1.14 bits per heavy atom. The standard InChI is InChI=1S/C15H21N5S/c1-15(2,3)14-18-11(8-21-14)13-17-10-7-5-4-6-9(10)12(19-13)20-16/h8H,4-7,16H2,1-3H3,(H,17,19,20). The van der Waals surface area contributed by atoms with E-state index in [4.69, 9.17) is 15.8 Å². The summed E-state index contributed by atoms with van der Waals surface area (Å²) in [6.45, 7) is 6.49. The van der Waals surface area contributed by atoms with Crippen LogP contribution in [0.1, 0.15) is 49.9 Å². The van der Waals surface area contributed by atoms with E-state index in [-0.39, 0.29) is 5.41 Å². The van der Waals surface area contributed by atoms with Crippen molar-refractivity contribution in [2.45, 2.75) is 51.9 Å². The summed E-state index contributed by atoms with van der Waals surface area (Å²) in [5.74, 6) is 7.06. The Hall–Kier alpha value is -1.53. The minimum absolute atomic E-state index is 0.0477. The number of nitrogens with zero attached hydrogens (tertiary/aromatic N) is 3. The highest BCUT2D eigenvalue weighted by Crippen LogP contribution is 2.31. The van der Waals surface area contributed by atoms with E-state index in [1.165, 1.54) is 18.4 Å². The monoisotopic (exact) mass is 303 g/mol. The molecule has 0 atom stereocenters. The zero-order valence-corrected chi connectivity index (χ0v) is 13.5. The first kappa shape index (κ1) is 14.4. The van der Waals surface area contributed by atoms with Crippen molar-refractivity contribution in [3.8, 4) is 11.5 Å².